The fraction of sp³-hybridized carbons (Fsp3) is 0.350. The van der Waals surface area contributed by atoms with Gasteiger partial charge in [-0.25, -0.2) is 4.98 Å². The molecule has 0 aliphatic heterocycles. The molecule has 4 nitrogen and oxygen atoms in total. The molecule has 0 spiro atoms. The van der Waals surface area contributed by atoms with Crippen LogP contribution < -0.4 is 4.74 Å². The molecule has 1 N–H and O–H groups in total. The maximum atomic E-state index is 10.3. The minimum absolute atomic E-state index is 0.534. The fourth-order valence-corrected chi connectivity index (χ4v) is 3.04. The van der Waals surface area contributed by atoms with Gasteiger partial charge in [0.25, 0.3) is 0 Å². The molecule has 3 rings (SSSR count). The number of hydrogen-bond acceptors (Lipinski definition) is 3. The smallest absolute Gasteiger partial charge is 0.138 e. The minimum atomic E-state index is -0.557. The number of fused-ring (bicyclic) bond motifs is 1. The Hall–Kier alpha value is -2.33. The summed E-state index contributed by atoms with van der Waals surface area (Å²) in [5.41, 5.74) is 4.33. The van der Waals surface area contributed by atoms with Gasteiger partial charge in [0.1, 0.15) is 24.3 Å². The number of imidazole rings is 1. The summed E-state index contributed by atoms with van der Waals surface area (Å²) >= 11 is 0. The number of aryl methyl sites for hydroxylation is 2. The van der Waals surface area contributed by atoms with Crippen LogP contribution in [0, 0.1) is 13.8 Å². The maximum absolute atomic E-state index is 10.3. The van der Waals surface area contributed by atoms with Crippen molar-refractivity contribution in [1.82, 2.24) is 9.55 Å². The Morgan fingerprint density at radius 2 is 1.83 bits per heavy atom. The Morgan fingerprint density at radius 3 is 2.54 bits per heavy atom. The van der Waals surface area contributed by atoms with Gasteiger partial charge in [-0.15, -0.1) is 0 Å². The van der Waals surface area contributed by atoms with Crippen molar-refractivity contribution in [3.05, 3.63) is 59.4 Å². The van der Waals surface area contributed by atoms with Crippen LogP contribution in [0.4, 0.5) is 0 Å². The Bertz CT molecular complexity index is 819. The van der Waals surface area contributed by atoms with E-state index in [0.29, 0.717) is 25.4 Å². The third-order valence-electron chi connectivity index (χ3n) is 4.15. The number of aromatic nitrogens is 2. The van der Waals surface area contributed by atoms with Crippen molar-refractivity contribution in [2.75, 3.05) is 6.61 Å². The second-order valence-electron chi connectivity index (χ2n) is 6.21. The Labute approximate surface area is 142 Å². The lowest BCUT2D eigenvalue weighted by atomic mass is 10.1. The Balaban J connectivity index is 1.81. The summed E-state index contributed by atoms with van der Waals surface area (Å²) in [5.74, 6) is 1.59. The summed E-state index contributed by atoms with van der Waals surface area (Å²) in [6, 6.07) is 14.2. The van der Waals surface area contributed by atoms with Crippen LogP contribution in [0.3, 0.4) is 0 Å². The number of benzene rings is 2. The first-order valence-electron chi connectivity index (χ1n) is 8.43. The van der Waals surface area contributed by atoms with Gasteiger partial charge in [0.2, 0.25) is 0 Å². The zero-order valence-electron chi connectivity index (χ0n) is 14.5. The SMILES string of the molecule is CC[C@H](O)c1nc2ccccc2n1CCOc1cc(C)cc(C)c1. The van der Waals surface area contributed by atoms with Gasteiger partial charge in [0.05, 0.1) is 17.6 Å². The lowest BCUT2D eigenvalue weighted by molar-refractivity contribution is 0.157. The predicted octanol–water partition coefficient (Wildman–Crippen LogP) is 4.18. The van der Waals surface area contributed by atoms with Gasteiger partial charge < -0.3 is 14.4 Å². The summed E-state index contributed by atoms with van der Waals surface area (Å²) in [6.07, 6.45) is 0.0833. The summed E-state index contributed by atoms with van der Waals surface area (Å²) in [5, 5.41) is 10.3. The van der Waals surface area contributed by atoms with Crippen molar-refractivity contribution in [2.45, 2.75) is 39.8 Å². The fourth-order valence-electron chi connectivity index (χ4n) is 3.04. The van der Waals surface area contributed by atoms with E-state index in [1.807, 2.05) is 43.3 Å². The van der Waals surface area contributed by atoms with E-state index in [-0.39, 0.29) is 0 Å². The number of hydrogen-bond donors (Lipinski definition) is 1. The van der Waals surface area contributed by atoms with Crippen molar-refractivity contribution in [1.29, 1.82) is 0 Å². The third kappa shape index (κ3) is 3.44. The van der Waals surface area contributed by atoms with Crippen LogP contribution in [0.2, 0.25) is 0 Å². The average Bonchev–Trinajstić information content (AvgIpc) is 2.92. The molecule has 4 heteroatoms. The van der Waals surface area contributed by atoms with Gasteiger partial charge in [-0.05, 0) is 55.7 Å². The zero-order valence-corrected chi connectivity index (χ0v) is 14.5. The Morgan fingerprint density at radius 1 is 1.12 bits per heavy atom. The molecule has 24 heavy (non-hydrogen) atoms. The molecule has 0 saturated carbocycles. The number of para-hydroxylation sites is 2. The molecule has 0 bridgehead atoms. The number of rotatable bonds is 6. The van der Waals surface area contributed by atoms with Gasteiger partial charge in [-0.3, -0.25) is 0 Å². The van der Waals surface area contributed by atoms with E-state index in [1.165, 1.54) is 11.1 Å². The van der Waals surface area contributed by atoms with Crippen LogP contribution >= 0.6 is 0 Å². The topological polar surface area (TPSA) is 47.3 Å². The monoisotopic (exact) mass is 324 g/mol. The molecular weight excluding hydrogens is 300 g/mol. The molecule has 3 aromatic rings. The second-order valence-corrected chi connectivity index (χ2v) is 6.21. The van der Waals surface area contributed by atoms with Gasteiger partial charge in [0.15, 0.2) is 0 Å². The molecule has 0 saturated heterocycles. The van der Waals surface area contributed by atoms with Crippen molar-refractivity contribution >= 4 is 11.0 Å². The number of ether oxygens (including phenoxy) is 1. The van der Waals surface area contributed by atoms with E-state index in [2.05, 4.69) is 29.5 Å². The highest BCUT2D eigenvalue weighted by Crippen LogP contribution is 2.23. The quantitative estimate of drug-likeness (QED) is 0.740. The molecule has 1 heterocycles. The highest BCUT2D eigenvalue weighted by atomic mass is 16.5. The summed E-state index contributed by atoms with van der Waals surface area (Å²) in [7, 11) is 0. The first-order chi connectivity index (χ1) is 11.6. The third-order valence-corrected chi connectivity index (χ3v) is 4.15. The van der Waals surface area contributed by atoms with Crippen molar-refractivity contribution in [3.8, 4) is 5.75 Å². The van der Waals surface area contributed by atoms with E-state index < -0.39 is 6.10 Å². The Kier molecular flexibility index (Phi) is 4.86. The molecule has 2 aromatic carbocycles. The lowest BCUT2D eigenvalue weighted by Crippen LogP contribution is -2.13. The minimum Gasteiger partial charge on any atom is -0.492 e. The normalized spacial score (nSPS) is 12.5. The van der Waals surface area contributed by atoms with E-state index >= 15 is 0 Å². The van der Waals surface area contributed by atoms with Crippen LogP contribution in [0.1, 0.15) is 36.4 Å². The molecule has 1 aromatic heterocycles. The molecule has 0 amide bonds. The molecule has 0 aliphatic carbocycles. The molecule has 0 radical (unpaired) electrons. The zero-order chi connectivity index (χ0) is 17.1. The lowest BCUT2D eigenvalue weighted by Gasteiger charge is -2.14. The van der Waals surface area contributed by atoms with Gasteiger partial charge in [0, 0.05) is 0 Å². The van der Waals surface area contributed by atoms with Crippen molar-refractivity contribution in [2.24, 2.45) is 0 Å². The van der Waals surface area contributed by atoms with Crippen LogP contribution in [0.25, 0.3) is 11.0 Å². The standard InChI is InChI=1S/C20H24N2O2/c1-4-19(23)20-21-17-7-5-6-8-18(17)22(20)9-10-24-16-12-14(2)11-15(3)13-16/h5-8,11-13,19,23H,4,9-10H2,1-3H3/t19-/m0/s1. The highest BCUT2D eigenvalue weighted by molar-refractivity contribution is 5.76. The molecule has 0 fully saturated rings. The van der Waals surface area contributed by atoms with Crippen molar-refractivity contribution < 1.29 is 9.84 Å². The predicted molar refractivity (Wildman–Crippen MR) is 96.4 cm³/mol. The van der Waals surface area contributed by atoms with Crippen molar-refractivity contribution in [3.63, 3.8) is 0 Å². The van der Waals surface area contributed by atoms with Crippen LogP contribution in [-0.2, 0) is 6.54 Å². The number of nitrogens with zero attached hydrogens (tertiary/aromatic N) is 2. The van der Waals surface area contributed by atoms with Crippen LogP contribution in [-0.4, -0.2) is 21.3 Å². The van der Waals surface area contributed by atoms with Gasteiger partial charge in [-0.2, -0.15) is 0 Å². The van der Waals surface area contributed by atoms with Crippen LogP contribution in [0.5, 0.6) is 5.75 Å². The molecular formula is C20H24N2O2. The number of aliphatic hydroxyl groups excluding tert-OH is 1. The molecule has 0 unspecified atom stereocenters. The molecule has 1 atom stereocenters. The molecule has 126 valence electrons. The molecule has 0 aliphatic rings. The number of aliphatic hydroxyl groups is 1. The van der Waals surface area contributed by atoms with E-state index in [0.717, 1.165) is 16.8 Å². The summed E-state index contributed by atoms with van der Waals surface area (Å²) in [4.78, 5) is 4.59. The summed E-state index contributed by atoms with van der Waals surface area (Å²) in [6.45, 7) is 7.28. The van der Waals surface area contributed by atoms with Gasteiger partial charge in [-0.1, -0.05) is 25.1 Å². The summed E-state index contributed by atoms with van der Waals surface area (Å²) < 4.78 is 7.99. The first-order valence-corrected chi connectivity index (χ1v) is 8.43. The van der Waals surface area contributed by atoms with E-state index in [9.17, 15) is 5.11 Å². The van der Waals surface area contributed by atoms with Crippen LogP contribution in [0.15, 0.2) is 42.5 Å². The second kappa shape index (κ2) is 7.05. The maximum Gasteiger partial charge on any atom is 0.138 e. The average molecular weight is 324 g/mol. The van der Waals surface area contributed by atoms with Gasteiger partial charge >= 0.3 is 0 Å². The largest absolute Gasteiger partial charge is 0.492 e. The first kappa shape index (κ1) is 16.5. The highest BCUT2D eigenvalue weighted by Gasteiger charge is 2.16. The van der Waals surface area contributed by atoms with E-state index in [1.54, 1.807) is 0 Å². The van der Waals surface area contributed by atoms with E-state index in [4.69, 9.17) is 4.74 Å².